The number of methoxy groups -OCH3 is 1. The molecule has 1 aromatic carbocycles. The molecule has 8 heteroatoms. The van der Waals surface area contributed by atoms with E-state index in [2.05, 4.69) is 27.2 Å². The van der Waals surface area contributed by atoms with E-state index in [0.717, 1.165) is 43.3 Å². The Morgan fingerprint density at radius 1 is 1.11 bits per heavy atom. The third-order valence-corrected chi connectivity index (χ3v) is 5.92. The highest BCUT2D eigenvalue weighted by molar-refractivity contribution is 5.34. The molecule has 0 spiro atoms. The van der Waals surface area contributed by atoms with Crippen LogP contribution in [-0.2, 0) is 19.6 Å². The molecule has 1 aliphatic heterocycles. The summed E-state index contributed by atoms with van der Waals surface area (Å²) in [5, 5.41) is 13.3. The zero-order valence-corrected chi connectivity index (χ0v) is 16.0. The predicted molar refractivity (Wildman–Crippen MR) is 103 cm³/mol. The molecule has 0 bridgehead atoms. The van der Waals surface area contributed by atoms with E-state index in [0.29, 0.717) is 24.7 Å². The van der Waals surface area contributed by atoms with Crippen LogP contribution in [0.15, 0.2) is 29.1 Å². The van der Waals surface area contributed by atoms with E-state index in [1.807, 2.05) is 12.1 Å². The molecule has 3 aromatic rings. The fourth-order valence-electron chi connectivity index (χ4n) is 4.36. The molecule has 8 nitrogen and oxygen atoms in total. The zero-order valence-electron chi connectivity index (χ0n) is 16.0. The van der Waals surface area contributed by atoms with E-state index < -0.39 is 0 Å². The smallest absolute Gasteiger partial charge is 0.299 e. The molecule has 28 heavy (non-hydrogen) atoms. The topological polar surface area (TPSA) is 77.6 Å². The molecule has 2 aliphatic rings. The van der Waals surface area contributed by atoms with E-state index in [9.17, 15) is 4.79 Å². The first kappa shape index (κ1) is 17.4. The highest BCUT2D eigenvalue weighted by atomic mass is 16.5. The van der Waals surface area contributed by atoms with Crippen molar-refractivity contribution >= 4 is 5.65 Å². The van der Waals surface area contributed by atoms with Crippen LogP contribution in [0.1, 0.15) is 48.8 Å². The van der Waals surface area contributed by atoms with Gasteiger partial charge in [-0.3, -0.25) is 14.3 Å². The van der Waals surface area contributed by atoms with E-state index in [1.165, 1.54) is 18.4 Å². The van der Waals surface area contributed by atoms with Crippen molar-refractivity contribution in [3.05, 3.63) is 51.8 Å². The molecule has 2 aromatic heterocycles. The summed E-state index contributed by atoms with van der Waals surface area (Å²) < 4.78 is 8.70. The Labute approximate surface area is 162 Å². The van der Waals surface area contributed by atoms with Gasteiger partial charge in [0.25, 0.3) is 5.56 Å². The van der Waals surface area contributed by atoms with Gasteiger partial charge in [-0.2, -0.15) is 4.52 Å². The highest BCUT2D eigenvalue weighted by Crippen LogP contribution is 2.32. The fourth-order valence-corrected chi connectivity index (χ4v) is 4.36. The SMILES string of the molecule is COc1ccc(CN2CCn3c(nn4c(C5CCCC5)nnc4c3=O)C2)cc1. The summed E-state index contributed by atoms with van der Waals surface area (Å²) in [7, 11) is 1.67. The van der Waals surface area contributed by atoms with Gasteiger partial charge in [0.15, 0.2) is 5.82 Å². The van der Waals surface area contributed by atoms with Gasteiger partial charge in [0.1, 0.15) is 11.6 Å². The Balaban J connectivity index is 1.43. The van der Waals surface area contributed by atoms with E-state index >= 15 is 0 Å². The average Bonchev–Trinajstić information content (AvgIpc) is 3.38. The quantitative estimate of drug-likeness (QED) is 0.689. The third kappa shape index (κ3) is 2.97. The molecule has 0 N–H and O–H groups in total. The lowest BCUT2D eigenvalue weighted by molar-refractivity contribution is 0.201. The minimum absolute atomic E-state index is 0.0779. The molecular formula is C20H24N6O2. The Morgan fingerprint density at radius 3 is 2.64 bits per heavy atom. The number of fused-ring (bicyclic) bond motifs is 2. The van der Waals surface area contributed by atoms with Gasteiger partial charge in [-0.1, -0.05) is 25.0 Å². The maximum Gasteiger partial charge on any atom is 0.299 e. The molecule has 1 saturated carbocycles. The second-order valence-corrected chi connectivity index (χ2v) is 7.71. The van der Waals surface area contributed by atoms with Crippen LogP contribution < -0.4 is 10.3 Å². The Kier molecular flexibility index (Phi) is 4.35. The monoisotopic (exact) mass is 380 g/mol. The molecule has 146 valence electrons. The number of rotatable bonds is 4. The Morgan fingerprint density at radius 2 is 1.89 bits per heavy atom. The van der Waals surface area contributed by atoms with Gasteiger partial charge in [0.05, 0.1) is 13.7 Å². The molecule has 1 aliphatic carbocycles. The van der Waals surface area contributed by atoms with E-state index in [4.69, 9.17) is 9.84 Å². The molecule has 3 heterocycles. The standard InChI is InChI=1S/C20H24N6O2/c1-28-16-8-6-14(7-9-16)12-24-10-11-25-17(13-24)23-26-18(15-4-2-3-5-15)21-22-19(26)20(25)27/h6-9,15H,2-5,10-13H2,1H3. The van der Waals surface area contributed by atoms with Gasteiger partial charge in [0, 0.05) is 25.6 Å². The summed E-state index contributed by atoms with van der Waals surface area (Å²) in [5.74, 6) is 2.86. The lowest BCUT2D eigenvalue weighted by Gasteiger charge is -2.28. The van der Waals surface area contributed by atoms with Gasteiger partial charge in [-0.25, -0.2) is 0 Å². The summed E-state index contributed by atoms with van der Waals surface area (Å²) in [6.07, 6.45) is 4.62. The summed E-state index contributed by atoms with van der Waals surface area (Å²) in [5.41, 5.74) is 1.49. The highest BCUT2D eigenvalue weighted by Gasteiger charge is 2.27. The van der Waals surface area contributed by atoms with Crippen LogP contribution in [0.25, 0.3) is 5.65 Å². The Hall–Kier alpha value is -2.74. The number of hydrogen-bond acceptors (Lipinski definition) is 6. The fraction of sp³-hybridized carbons (Fsp3) is 0.500. The van der Waals surface area contributed by atoms with Crippen LogP contribution >= 0.6 is 0 Å². The number of hydrogen-bond donors (Lipinski definition) is 0. The maximum absolute atomic E-state index is 12.9. The van der Waals surface area contributed by atoms with E-state index in [1.54, 1.807) is 16.2 Å². The van der Waals surface area contributed by atoms with Gasteiger partial charge in [-0.05, 0) is 30.5 Å². The summed E-state index contributed by atoms with van der Waals surface area (Å²) >= 11 is 0. The molecule has 0 amide bonds. The van der Waals surface area contributed by atoms with Crippen LogP contribution in [0.5, 0.6) is 5.75 Å². The van der Waals surface area contributed by atoms with Gasteiger partial charge in [-0.15, -0.1) is 15.3 Å². The molecule has 0 atom stereocenters. The van der Waals surface area contributed by atoms with Crippen LogP contribution in [0.3, 0.4) is 0 Å². The summed E-state index contributed by atoms with van der Waals surface area (Å²) in [6.45, 7) is 2.88. The predicted octanol–water partition coefficient (Wildman–Crippen LogP) is 1.97. The Bertz CT molecular complexity index is 1050. The number of ether oxygens (including phenoxy) is 1. The first-order valence-corrected chi connectivity index (χ1v) is 9.93. The van der Waals surface area contributed by atoms with Crippen LogP contribution in [0, 0.1) is 0 Å². The van der Waals surface area contributed by atoms with Crippen LogP contribution in [-0.4, -0.2) is 42.9 Å². The molecular weight excluding hydrogens is 356 g/mol. The molecule has 5 rings (SSSR count). The molecule has 0 unspecified atom stereocenters. The number of aromatic nitrogens is 5. The van der Waals surface area contributed by atoms with Crippen LogP contribution in [0.2, 0.25) is 0 Å². The number of nitrogens with zero attached hydrogens (tertiary/aromatic N) is 6. The van der Waals surface area contributed by atoms with Crippen molar-refractivity contribution < 1.29 is 4.74 Å². The second-order valence-electron chi connectivity index (χ2n) is 7.71. The van der Waals surface area contributed by atoms with Crippen molar-refractivity contribution in [1.82, 2.24) is 29.3 Å². The molecule has 1 fully saturated rings. The van der Waals surface area contributed by atoms with E-state index in [-0.39, 0.29) is 5.56 Å². The first-order valence-electron chi connectivity index (χ1n) is 9.93. The largest absolute Gasteiger partial charge is 0.497 e. The minimum Gasteiger partial charge on any atom is -0.497 e. The van der Waals surface area contributed by atoms with Crippen molar-refractivity contribution in [2.75, 3.05) is 13.7 Å². The van der Waals surface area contributed by atoms with Crippen molar-refractivity contribution in [3.63, 3.8) is 0 Å². The van der Waals surface area contributed by atoms with Crippen molar-refractivity contribution in [2.45, 2.75) is 51.2 Å². The van der Waals surface area contributed by atoms with Crippen LogP contribution in [0.4, 0.5) is 0 Å². The summed E-state index contributed by atoms with van der Waals surface area (Å²) in [4.78, 5) is 15.2. The lowest BCUT2D eigenvalue weighted by atomic mass is 10.1. The zero-order chi connectivity index (χ0) is 19.1. The third-order valence-electron chi connectivity index (χ3n) is 5.92. The normalized spacial score (nSPS) is 17.9. The van der Waals surface area contributed by atoms with Crippen molar-refractivity contribution in [1.29, 1.82) is 0 Å². The van der Waals surface area contributed by atoms with Gasteiger partial charge in [0.2, 0.25) is 5.65 Å². The van der Waals surface area contributed by atoms with Crippen molar-refractivity contribution in [2.24, 2.45) is 0 Å². The lowest BCUT2D eigenvalue weighted by Crippen LogP contribution is -2.40. The first-order chi connectivity index (χ1) is 13.7. The minimum atomic E-state index is -0.0779. The molecule has 0 saturated heterocycles. The van der Waals surface area contributed by atoms with Gasteiger partial charge >= 0.3 is 0 Å². The number of benzene rings is 1. The van der Waals surface area contributed by atoms with Crippen molar-refractivity contribution in [3.8, 4) is 5.75 Å². The second kappa shape index (κ2) is 7.01. The maximum atomic E-state index is 12.9. The van der Waals surface area contributed by atoms with Gasteiger partial charge < -0.3 is 4.74 Å². The average molecular weight is 380 g/mol. The molecule has 0 radical (unpaired) electrons. The summed E-state index contributed by atoms with van der Waals surface area (Å²) in [6, 6.07) is 8.11.